The summed E-state index contributed by atoms with van der Waals surface area (Å²) in [7, 11) is 0. The van der Waals surface area contributed by atoms with Crippen molar-refractivity contribution in [3.8, 4) is 5.75 Å². The van der Waals surface area contributed by atoms with E-state index in [4.69, 9.17) is 0 Å². The Labute approximate surface area is 141 Å². The summed E-state index contributed by atoms with van der Waals surface area (Å²) < 4.78 is 1.05. The summed E-state index contributed by atoms with van der Waals surface area (Å²) in [6.45, 7) is 0. The Morgan fingerprint density at radius 2 is 1.77 bits per heavy atom. The molecule has 0 aliphatic rings. The zero-order valence-electron chi connectivity index (χ0n) is 11.5. The van der Waals surface area contributed by atoms with Crippen molar-refractivity contribution < 1.29 is 9.90 Å². The number of carbonyl (C=O) groups excluding carboxylic acids is 1. The first-order valence-corrected chi connectivity index (χ1v) is 7.75. The zero-order valence-corrected chi connectivity index (χ0v) is 13.7. The molecule has 4 nitrogen and oxygen atoms in total. The Bertz CT molecular complexity index is 849. The number of amides is 2. The number of phenols is 1. The van der Waals surface area contributed by atoms with Crippen LogP contribution in [0.25, 0.3) is 10.8 Å². The lowest BCUT2D eigenvalue weighted by atomic mass is 10.1. The van der Waals surface area contributed by atoms with Crippen LogP contribution in [0.4, 0.5) is 16.2 Å². The molecular weight excluding hydrogens is 391 g/mol. The van der Waals surface area contributed by atoms with Crippen LogP contribution >= 0.6 is 22.6 Å². The lowest BCUT2D eigenvalue weighted by molar-refractivity contribution is 0.262. The topological polar surface area (TPSA) is 61.4 Å². The number of hydrogen-bond donors (Lipinski definition) is 3. The number of fused-ring (bicyclic) bond motifs is 1. The summed E-state index contributed by atoms with van der Waals surface area (Å²) in [5.41, 5.74) is 1.43. The van der Waals surface area contributed by atoms with Crippen LogP contribution in [0.15, 0.2) is 60.7 Å². The van der Waals surface area contributed by atoms with Crippen LogP contribution in [0.3, 0.4) is 0 Å². The molecule has 0 aromatic heterocycles. The van der Waals surface area contributed by atoms with Crippen molar-refractivity contribution in [3.63, 3.8) is 0 Å². The molecule has 0 atom stereocenters. The molecule has 0 saturated heterocycles. The van der Waals surface area contributed by atoms with Gasteiger partial charge in [0, 0.05) is 14.6 Å². The summed E-state index contributed by atoms with van der Waals surface area (Å²) in [6, 6.07) is 17.9. The number of aromatic hydroxyl groups is 1. The fourth-order valence-corrected chi connectivity index (χ4v) is 2.77. The van der Waals surface area contributed by atoms with E-state index in [1.807, 2.05) is 42.5 Å². The van der Waals surface area contributed by atoms with E-state index in [2.05, 4.69) is 33.2 Å². The highest BCUT2D eigenvalue weighted by Gasteiger charge is 2.06. The molecule has 3 aromatic rings. The molecule has 110 valence electrons. The molecule has 22 heavy (non-hydrogen) atoms. The van der Waals surface area contributed by atoms with Gasteiger partial charge in [0.2, 0.25) is 0 Å². The number of rotatable bonds is 2. The van der Waals surface area contributed by atoms with E-state index in [1.54, 1.807) is 18.2 Å². The molecule has 0 fully saturated rings. The largest absolute Gasteiger partial charge is 0.508 e. The number of halogens is 1. The second kappa shape index (κ2) is 6.23. The van der Waals surface area contributed by atoms with Crippen LogP contribution in [0, 0.1) is 3.57 Å². The third-order valence-corrected chi connectivity index (χ3v) is 3.87. The first-order valence-electron chi connectivity index (χ1n) is 6.67. The van der Waals surface area contributed by atoms with Crippen molar-refractivity contribution in [2.45, 2.75) is 0 Å². The SMILES string of the molecule is O=C(Nc1cccc(I)c1)Nc1cccc2cc(O)ccc12. The van der Waals surface area contributed by atoms with Gasteiger partial charge < -0.3 is 15.7 Å². The summed E-state index contributed by atoms with van der Waals surface area (Å²) in [6.07, 6.45) is 0. The van der Waals surface area contributed by atoms with Crippen molar-refractivity contribution in [2.24, 2.45) is 0 Å². The van der Waals surface area contributed by atoms with Gasteiger partial charge in [-0.15, -0.1) is 0 Å². The first-order chi connectivity index (χ1) is 10.6. The molecule has 0 radical (unpaired) electrons. The molecule has 3 rings (SSSR count). The minimum absolute atomic E-state index is 0.202. The molecule has 0 heterocycles. The van der Waals surface area contributed by atoms with Crippen LogP contribution in [-0.2, 0) is 0 Å². The fourth-order valence-electron chi connectivity index (χ4n) is 2.23. The van der Waals surface area contributed by atoms with Crippen molar-refractivity contribution in [2.75, 3.05) is 10.6 Å². The number of carbonyl (C=O) groups is 1. The number of hydrogen-bond acceptors (Lipinski definition) is 2. The smallest absolute Gasteiger partial charge is 0.323 e. The molecule has 3 aromatic carbocycles. The molecule has 0 spiro atoms. The molecule has 0 aliphatic heterocycles. The van der Waals surface area contributed by atoms with Gasteiger partial charge in [0.05, 0.1) is 5.69 Å². The van der Waals surface area contributed by atoms with E-state index in [9.17, 15) is 9.90 Å². The summed E-state index contributed by atoms with van der Waals surface area (Å²) in [5.74, 6) is 0.202. The summed E-state index contributed by atoms with van der Waals surface area (Å²) in [5, 5.41) is 16.9. The Morgan fingerprint density at radius 3 is 2.59 bits per heavy atom. The van der Waals surface area contributed by atoms with Gasteiger partial charge in [0.15, 0.2) is 0 Å². The molecule has 2 amide bonds. The van der Waals surface area contributed by atoms with Gasteiger partial charge in [-0.3, -0.25) is 0 Å². The maximum atomic E-state index is 12.1. The predicted octanol–water partition coefficient (Wildman–Crippen LogP) is 4.79. The highest BCUT2D eigenvalue weighted by Crippen LogP contribution is 2.26. The minimum Gasteiger partial charge on any atom is -0.508 e. The molecule has 5 heteroatoms. The van der Waals surface area contributed by atoms with Gasteiger partial charge in [-0.1, -0.05) is 18.2 Å². The molecule has 0 saturated carbocycles. The molecule has 0 bridgehead atoms. The molecular formula is C17H13IN2O2. The van der Waals surface area contributed by atoms with Crippen molar-refractivity contribution in [1.29, 1.82) is 0 Å². The van der Waals surface area contributed by atoms with E-state index in [-0.39, 0.29) is 11.8 Å². The Balaban J connectivity index is 1.82. The maximum absolute atomic E-state index is 12.1. The van der Waals surface area contributed by atoms with Gasteiger partial charge in [-0.05, 0) is 70.4 Å². The molecule has 0 aliphatic carbocycles. The predicted molar refractivity (Wildman–Crippen MR) is 97.4 cm³/mol. The van der Waals surface area contributed by atoms with Crippen LogP contribution in [0.5, 0.6) is 5.75 Å². The van der Waals surface area contributed by atoms with Crippen LogP contribution in [-0.4, -0.2) is 11.1 Å². The number of phenolic OH excluding ortho intramolecular Hbond substituents is 1. The lowest BCUT2D eigenvalue weighted by Crippen LogP contribution is -2.19. The van der Waals surface area contributed by atoms with Crippen LogP contribution < -0.4 is 10.6 Å². The van der Waals surface area contributed by atoms with E-state index < -0.39 is 0 Å². The van der Waals surface area contributed by atoms with Gasteiger partial charge in [0.1, 0.15) is 5.75 Å². The number of urea groups is 1. The highest BCUT2D eigenvalue weighted by molar-refractivity contribution is 14.1. The van der Waals surface area contributed by atoms with Gasteiger partial charge in [-0.2, -0.15) is 0 Å². The summed E-state index contributed by atoms with van der Waals surface area (Å²) in [4.78, 5) is 12.1. The van der Waals surface area contributed by atoms with Crippen molar-refractivity contribution in [3.05, 3.63) is 64.2 Å². The average Bonchev–Trinajstić information content (AvgIpc) is 2.47. The second-order valence-electron chi connectivity index (χ2n) is 4.80. The van der Waals surface area contributed by atoms with Gasteiger partial charge in [0.25, 0.3) is 0 Å². The number of nitrogens with one attached hydrogen (secondary N) is 2. The molecule has 0 unspecified atom stereocenters. The molecule has 3 N–H and O–H groups in total. The summed E-state index contributed by atoms with van der Waals surface area (Å²) >= 11 is 2.19. The number of benzene rings is 3. The third kappa shape index (κ3) is 3.30. The van der Waals surface area contributed by atoms with E-state index in [0.717, 1.165) is 20.0 Å². The minimum atomic E-state index is -0.303. The highest BCUT2D eigenvalue weighted by atomic mass is 127. The van der Waals surface area contributed by atoms with Crippen LogP contribution in [0.1, 0.15) is 0 Å². The maximum Gasteiger partial charge on any atom is 0.323 e. The van der Waals surface area contributed by atoms with E-state index in [0.29, 0.717) is 5.69 Å². The normalized spacial score (nSPS) is 10.4. The van der Waals surface area contributed by atoms with Crippen molar-refractivity contribution >= 4 is 50.8 Å². The Kier molecular flexibility index (Phi) is 4.15. The Hall–Kier alpha value is -2.28. The quantitative estimate of drug-likeness (QED) is 0.538. The van der Waals surface area contributed by atoms with E-state index >= 15 is 0 Å². The van der Waals surface area contributed by atoms with E-state index in [1.165, 1.54) is 0 Å². The van der Waals surface area contributed by atoms with Gasteiger partial charge in [-0.25, -0.2) is 4.79 Å². The van der Waals surface area contributed by atoms with Gasteiger partial charge >= 0.3 is 6.03 Å². The van der Waals surface area contributed by atoms with Crippen LogP contribution in [0.2, 0.25) is 0 Å². The first kappa shape index (κ1) is 14.6. The zero-order chi connectivity index (χ0) is 15.5. The lowest BCUT2D eigenvalue weighted by Gasteiger charge is -2.10. The monoisotopic (exact) mass is 404 g/mol. The second-order valence-corrected chi connectivity index (χ2v) is 6.05. The van der Waals surface area contributed by atoms with Crippen molar-refractivity contribution in [1.82, 2.24) is 0 Å². The Morgan fingerprint density at radius 1 is 0.955 bits per heavy atom. The average molecular weight is 404 g/mol. The standard InChI is InChI=1S/C17H13IN2O2/c18-12-4-2-5-13(10-12)19-17(22)20-16-6-1-3-11-9-14(21)7-8-15(11)16/h1-10,21H,(H2,19,20,22). The third-order valence-electron chi connectivity index (χ3n) is 3.19. The number of anilines is 2. The fraction of sp³-hybridized carbons (Fsp3) is 0.